The van der Waals surface area contributed by atoms with E-state index in [-0.39, 0.29) is 12.5 Å². The first-order chi connectivity index (χ1) is 8.93. The normalized spacial score (nSPS) is 11.8. The summed E-state index contributed by atoms with van der Waals surface area (Å²) in [7, 11) is 0. The summed E-state index contributed by atoms with van der Waals surface area (Å²) < 4.78 is 8.01. The summed E-state index contributed by atoms with van der Waals surface area (Å²) in [5.74, 6) is -0.230. The number of ether oxygens (including phenoxy) is 1. The third kappa shape index (κ3) is 3.11. The zero-order valence-corrected chi connectivity index (χ0v) is 14.8. The molecule has 2 aromatic rings. The van der Waals surface area contributed by atoms with Crippen LogP contribution in [0.4, 0.5) is 0 Å². The van der Waals surface area contributed by atoms with Gasteiger partial charge in [-0.3, -0.25) is 0 Å². The molecule has 4 nitrogen and oxygen atoms in total. The summed E-state index contributed by atoms with van der Waals surface area (Å²) in [6, 6.07) is 8.12. The molecule has 0 saturated heterocycles. The SMILES string of the molecule is CCOC(=O)Cn1n[c]([Sn]([CH3])([CH3])[CH3])c2ccccc21. The maximum atomic E-state index is 11.6. The van der Waals surface area contributed by atoms with Crippen LogP contribution in [0.1, 0.15) is 6.92 Å². The molecule has 1 aromatic heterocycles. The van der Waals surface area contributed by atoms with E-state index >= 15 is 0 Å². The average Bonchev–Trinajstić information content (AvgIpc) is 2.69. The van der Waals surface area contributed by atoms with Crippen LogP contribution >= 0.6 is 0 Å². The van der Waals surface area contributed by atoms with Crippen molar-refractivity contribution >= 4 is 39.0 Å². The van der Waals surface area contributed by atoms with E-state index in [1.165, 1.54) is 9.10 Å². The molecule has 0 radical (unpaired) electrons. The van der Waals surface area contributed by atoms with E-state index in [1.807, 2.05) is 25.1 Å². The van der Waals surface area contributed by atoms with E-state index in [2.05, 4.69) is 20.9 Å². The maximum absolute atomic E-state index is 11.6. The summed E-state index contributed by atoms with van der Waals surface area (Å²) >= 11 is -2.29. The first-order valence-electron chi connectivity index (χ1n) is 6.55. The Hall–Kier alpha value is -1.04. The minimum atomic E-state index is -2.29. The number of hydrogen-bond acceptors (Lipinski definition) is 3. The first kappa shape index (κ1) is 14.4. The number of hydrogen-bond donors (Lipinski definition) is 0. The molecule has 0 aliphatic heterocycles. The summed E-state index contributed by atoms with van der Waals surface area (Å²) in [6.45, 7) is 2.41. The van der Waals surface area contributed by atoms with Gasteiger partial charge in [0, 0.05) is 0 Å². The topological polar surface area (TPSA) is 44.1 Å². The Morgan fingerprint density at radius 1 is 1.32 bits per heavy atom. The van der Waals surface area contributed by atoms with Crippen LogP contribution in [-0.4, -0.2) is 40.7 Å². The molecule has 0 unspecified atom stereocenters. The van der Waals surface area contributed by atoms with Crippen molar-refractivity contribution in [2.45, 2.75) is 28.3 Å². The Morgan fingerprint density at radius 3 is 2.63 bits per heavy atom. The van der Waals surface area contributed by atoms with Crippen LogP contribution in [0.5, 0.6) is 0 Å². The molecule has 0 saturated carbocycles. The molecule has 1 heterocycles. The van der Waals surface area contributed by atoms with E-state index in [4.69, 9.17) is 9.84 Å². The van der Waals surface area contributed by atoms with Crippen molar-refractivity contribution in [2.24, 2.45) is 0 Å². The molecule has 0 spiro atoms. The monoisotopic (exact) mass is 368 g/mol. The van der Waals surface area contributed by atoms with Gasteiger partial charge in [0.2, 0.25) is 0 Å². The molecule has 102 valence electrons. The number of carbonyl (C=O) groups is 1. The van der Waals surface area contributed by atoms with Crippen LogP contribution in [0.3, 0.4) is 0 Å². The van der Waals surface area contributed by atoms with E-state index in [1.54, 1.807) is 4.68 Å². The molecule has 0 N–H and O–H groups in total. The molecule has 5 heteroatoms. The van der Waals surface area contributed by atoms with Crippen LogP contribution in [-0.2, 0) is 16.1 Å². The van der Waals surface area contributed by atoms with Gasteiger partial charge in [0.05, 0.1) is 0 Å². The van der Waals surface area contributed by atoms with Gasteiger partial charge in [-0.15, -0.1) is 0 Å². The Morgan fingerprint density at radius 2 is 2.00 bits per heavy atom. The van der Waals surface area contributed by atoms with Crippen molar-refractivity contribution < 1.29 is 9.53 Å². The average molecular weight is 367 g/mol. The number of esters is 1. The summed E-state index contributed by atoms with van der Waals surface area (Å²) in [5, 5.41) is 5.88. The molecule has 0 atom stereocenters. The second-order valence-corrected chi connectivity index (χ2v) is 19.8. The molecule has 0 bridgehead atoms. The van der Waals surface area contributed by atoms with Gasteiger partial charge in [0.1, 0.15) is 0 Å². The van der Waals surface area contributed by atoms with Crippen LogP contribution in [0.2, 0.25) is 14.8 Å². The molecule has 1 aromatic carbocycles. The Labute approximate surface area is 117 Å². The number of nitrogens with zero attached hydrogens (tertiary/aromatic N) is 2. The predicted octanol–water partition coefficient (Wildman–Crippen LogP) is 2.14. The summed E-state index contributed by atoms with van der Waals surface area (Å²) in [5.41, 5.74) is 1.03. The predicted molar refractivity (Wildman–Crippen MR) is 79.3 cm³/mol. The van der Waals surface area contributed by atoms with Crippen molar-refractivity contribution in [2.75, 3.05) is 6.61 Å². The van der Waals surface area contributed by atoms with E-state index < -0.39 is 18.4 Å². The van der Waals surface area contributed by atoms with E-state index in [9.17, 15) is 4.79 Å². The molecular formula is C14H20N2O2Sn. The van der Waals surface area contributed by atoms with Crippen molar-refractivity contribution in [3.63, 3.8) is 0 Å². The number of fused-ring (bicyclic) bond motifs is 1. The number of aromatic nitrogens is 2. The van der Waals surface area contributed by atoms with Gasteiger partial charge >= 0.3 is 117 Å². The fraction of sp³-hybridized carbons (Fsp3) is 0.429. The van der Waals surface area contributed by atoms with Crippen LogP contribution < -0.4 is 3.71 Å². The van der Waals surface area contributed by atoms with Gasteiger partial charge < -0.3 is 0 Å². The number of carbonyl (C=O) groups excluding carboxylic acids is 1. The molecule has 0 amide bonds. The molecular weight excluding hydrogens is 347 g/mol. The number of benzene rings is 1. The van der Waals surface area contributed by atoms with Gasteiger partial charge in [-0.05, 0) is 0 Å². The third-order valence-corrected chi connectivity index (χ3v) is 8.06. The molecule has 2 rings (SSSR count). The van der Waals surface area contributed by atoms with Gasteiger partial charge in [-0.25, -0.2) is 0 Å². The summed E-state index contributed by atoms with van der Waals surface area (Å²) in [4.78, 5) is 18.6. The minimum absolute atomic E-state index is 0.191. The van der Waals surface area contributed by atoms with Gasteiger partial charge in [-0.1, -0.05) is 0 Å². The molecule has 0 aliphatic rings. The first-order valence-corrected chi connectivity index (χ1v) is 16.5. The van der Waals surface area contributed by atoms with E-state index in [0.717, 1.165) is 5.52 Å². The van der Waals surface area contributed by atoms with Gasteiger partial charge in [0.25, 0.3) is 0 Å². The molecule has 0 aliphatic carbocycles. The molecule has 19 heavy (non-hydrogen) atoms. The zero-order valence-electron chi connectivity index (χ0n) is 11.9. The fourth-order valence-electron chi connectivity index (χ4n) is 2.13. The van der Waals surface area contributed by atoms with Crippen LogP contribution in [0.25, 0.3) is 10.9 Å². The number of para-hydroxylation sites is 1. The van der Waals surface area contributed by atoms with Crippen molar-refractivity contribution in [3.8, 4) is 0 Å². The van der Waals surface area contributed by atoms with E-state index in [0.29, 0.717) is 6.61 Å². The fourth-order valence-corrected chi connectivity index (χ4v) is 6.24. The van der Waals surface area contributed by atoms with Crippen LogP contribution in [0, 0.1) is 0 Å². The Kier molecular flexibility index (Phi) is 4.18. The zero-order chi connectivity index (χ0) is 14.0. The quantitative estimate of drug-likeness (QED) is 0.615. The van der Waals surface area contributed by atoms with Gasteiger partial charge in [-0.2, -0.15) is 0 Å². The second kappa shape index (κ2) is 5.53. The van der Waals surface area contributed by atoms with Crippen molar-refractivity contribution in [1.82, 2.24) is 9.78 Å². The van der Waals surface area contributed by atoms with Crippen LogP contribution in [0.15, 0.2) is 24.3 Å². The second-order valence-electron chi connectivity index (χ2n) is 5.58. The standard InChI is InChI=1S/C11H11N2O2.3CH3.Sn/c1-2-15-11(14)8-13-10-6-4-3-5-9(10)7-12-13;;;;/h3-6H,2,8H2,1H3;3*1H3;. The Balaban J connectivity index is 2.48. The molecule has 0 fully saturated rings. The summed E-state index contributed by atoms with van der Waals surface area (Å²) in [6.07, 6.45) is 0. The number of rotatable bonds is 4. The third-order valence-electron chi connectivity index (χ3n) is 2.95. The Bertz CT molecular complexity index is 599. The van der Waals surface area contributed by atoms with Crippen molar-refractivity contribution in [1.29, 1.82) is 0 Å². The van der Waals surface area contributed by atoms with Crippen molar-refractivity contribution in [3.05, 3.63) is 24.3 Å². The van der Waals surface area contributed by atoms with Gasteiger partial charge in [0.15, 0.2) is 0 Å².